The van der Waals surface area contributed by atoms with Gasteiger partial charge in [-0.05, 0) is 18.6 Å². The zero-order chi connectivity index (χ0) is 12.1. The molecule has 2 nitrogen and oxygen atoms in total. The molecule has 0 bridgehead atoms. The second kappa shape index (κ2) is 6.15. The van der Waals surface area contributed by atoms with Gasteiger partial charge in [-0.25, -0.2) is 4.98 Å². The summed E-state index contributed by atoms with van der Waals surface area (Å²) in [6.45, 7) is 3.76. The summed E-state index contributed by atoms with van der Waals surface area (Å²) in [5.41, 5.74) is 2.25. The topological polar surface area (TPSA) is 24.9 Å². The van der Waals surface area contributed by atoms with Gasteiger partial charge in [0.05, 0.1) is 5.01 Å². The van der Waals surface area contributed by atoms with E-state index in [4.69, 9.17) is 11.6 Å². The molecule has 1 aromatic carbocycles. The van der Waals surface area contributed by atoms with E-state index in [1.54, 1.807) is 11.3 Å². The molecule has 0 aliphatic carbocycles. The third kappa shape index (κ3) is 3.80. The predicted octanol–water partition coefficient (Wildman–Crippen LogP) is 3.44. The summed E-state index contributed by atoms with van der Waals surface area (Å²) in [7, 11) is 0. The van der Waals surface area contributed by atoms with Gasteiger partial charge in [0.15, 0.2) is 0 Å². The van der Waals surface area contributed by atoms with Crippen LogP contribution in [0.1, 0.15) is 16.3 Å². The molecular formula is C13H15ClN2S. The van der Waals surface area contributed by atoms with Crippen molar-refractivity contribution < 1.29 is 0 Å². The first-order valence-corrected chi connectivity index (χ1v) is 6.86. The minimum Gasteiger partial charge on any atom is -0.312 e. The van der Waals surface area contributed by atoms with Crippen molar-refractivity contribution in [3.63, 3.8) is 0 Å². The molecule has 0 atom stereocenters. The van der Waals surface area contributed by atoms with Crippen molar-refractivity contribution in [2.75, 3.05) is 6.54 Å². The van der Waals surface area contributed by atoms with Crippen LogP contribution in [0.25, 0.3) is 0 Å². The third-order valence-corrected chi connectivity index (χ3v) is 3.85. The quantitative estimate of drug-likeness (QED) is 0.839. The summed E-state index contributed by atoms with van der Waals surface area (Å²) in [5, 5.41) is 7.48. The van der Waals surface area contributed by atoms with Crippen LogP contribution in [0, 0.1) is 6.92 Å². The van der Waals surface area contributed by atoms with Gasteiger partial charge < -0.3 is 5.32 Å². The maximum absolute atomic E-state index is 6.07. The number of hydrogen-bond acceptors (Lipinski definition) is 3. The van der Waals surface area contributed by atoms with Gasteiger partial charge in [0.1, 0.15) is 0 Å². The van der Waals surface area contributed by atoms with Crippen molar-refractivity contribution in [3.05, 3.63) is 50.9 Å². The van der Waals surface area contributed by atoms with Crippen LogP contribution in [0.15, 0.2) is 29.6 Å². The second-order valence-corrected chi connectivity index (χ2v) is 5.25. The van der Waals surface area contributed by atoms with E-state index in [-0.39, 0.29) is 0 Å². The maximum Gasteiger partial charge on any atom is 0.0940 e. The van der Waals surface area contributed by atoms with E-state index in [0.717, 1.165) is 35.8 Å². The van der Waals surface area contributed by atoms with Crippen molar-refractivity contribution >= 4 is 22.9 Å². The number of benzene rings is 1. The van der Waals surface area contributed by atoms with E-state index in [9.17, 15) is 0 Å². The van der Waals surface area contributed by atoms with Crippen LogP contribution < -0.4 is 5.32 Å². The Balaban J connectivity index is 1.75. The second-order valence-electron chi connectivity index (χ2n) is 3.90. The molecule has 0 saturated carbocycles. The van der Waals surface area contributed by atoms with Crippen LogP contribution in [-0.2, 0) is 13.0 Å². The molecule has 1 heterocycles. The van der Waals surface area contributed by atoms with Crippen molar-refractivity contribution in [2.45, 2.75) is 19.9 Å². The largest absolute Gasteiger partial charge is 0.312 e. The molecule has 1 N–H and O–H groups in total. The molecular weight excluding hydrogens is 252 g/mol. The summed E-state index contributed by atoms with van der Waals surface area (Å²) in [6, 6.07) is 7.92. The number of halogens is 1. The highest BCUT2D eigenvalue weighted by Gasteiger charge is 2.00. The molecule has 4 heteroatoms. The Kier molecular flexibility index (Phi) is 4.54. The molecule has 17 heavy (non-hydrogen) atoms. The van der Waals surface area contributed by atoms with Gasteiger partial charge in [-0.3, -0.25) is 0 Å². The Morgan fingerprint density at radius 2 is 2.18 bits per heavy atom. The normalized spacial score (nSPS) is 10.7. The Bertz CT molecular complexity index is 482. The SMILES string of the molecule is Cc1csc(CCNCc2ccccc2Cl)n1. The molecule has 0 aliphatic rings. The highest BCUT2D eigenvalue weighted by Crippen LogP contribution is 2.14. The van der Waals surface area contributed by atoms with Crippen LogP contribution in [-0.4, -0.2) is 11.5 Å². The van der Waals surface area contributed by atoms with Crippen molar-refractivity contribution in [1.82, 2.24) is 10.3 Å². The summed E-state index contributed by atoms with van der Waals surface area (Å²) in [5.74, 6) is 0. The van der Waals surface area contributed by atoms with Crippen molar-refractivity contribution in [3.8, 4) is 0 Å². The smallest absolute Gasteiger partial charge is 0.0940 e. The van der Waals surface area contributed by atoms with E-state index in [0.29, 0.717) is 0 Å². The first-order valence-electron chi connectivity index (χ1n) is 5.61. The first-order chi connectivity index (χ1) is 8.25. The van der Waals surface area contributed by atoms with Crippen LogP contribution in [0.3, 0.4) is 0 Å². The standard InChI is InChI=1S/C13H15ClN2S/c1-10-9-17-13(16-10)6-7-15-8-11-4-2-3-5-12(11)14/h2-5,9,15H,6-8H2,1H3. The van der Waals surface area contributed by atoms with Gasteiger partial charge in [-0.2, -0.15) is 0 Å². The fourth-order valence-electron chi connectivity index (χ4n) is 1.58. The average molecular weight is 267 g/mol. The van der Waals surface area contributed by atoms with Crippen LogP contribution in [0.5, 0.6) is 0 Å². The minimum atomic E-state index is 0.810. The molecule has 0 radical (unpaired) electrons. The van der Waals surface area contributed by atoms with Gasteiger partial charge in [0, 0.05) is 35.6 Å². The van der Waals surface area contributed by atoms with E-state index in [2.05, 4.69) is 15.7 Å². The minimum absolute atomic E-state index is 0.810. The Hall–Kier alpha value is -0.900. The van der Waals surface area contributed by atoms with Gasteiger partial charge in [-0.1, -0.05) is 29.8 Å². The lowest BCUT2D eigenvalue weighted by Gasteiger charge is -2.05. The fourth-order valence-corrected chi connectivity index (χ4v) is 2.56. The molecule has 2 rings (SSSR count). The van der Waals surface area contributed by atoms with Crippen LogP contribution >= 0.6 is 22.9 Å². The Morgan fingerprint density at radius 1 is 1.35 bits per heavy atom. The Morgan fingerprint density at radius 3 is 2.88 bits per heavy atom. The molecule has 0 spiro atoms. The Labute approximate surface area is 111 Å². The number of aryl methyl sites for hydroxylation is 1. The van der Waals surface area contributed by atoms with Gasteiger partial charge >= 0.3 is 0 Å². The highest BCUT2D eigenvalue weighted by atomic mass is 35.5. The van der Waals surface area contributed by atoms with E-state index < -0.39 is 0 Å². The third-order valence-electron chi connectivity index (χ3n) is 2.46. The van der Waals surface area contributed by atoms with E-state index in [1.807, 2.05) is 31.2 Å². The summed E-state index contributed by atoms with van der Waals surface area (Å²) < 4.78 is 0. The van der Waals surface area contributed by atoms with Gasteiger partial charge in [0.2, 0.25) is 0 Å². The molecule has 0 fully saturated rings. The van der Waals surface area contributed by atoms with Crippen molar-refractivity contribution in [2.24, 2.45) is 0 Å². The zero-order valence-corrected chi connectivity index (χ0v) is 11.3. The molecule has 2 aromatic rings. The lowest BCUT2D eigenvalue weighted by molar-refractivity contribution is 0.685. The number of nitrogens with one attached hydrogen (secondary N) is 1. The van der Waals surface area contributed by atoms with E-state index >= 15 is 0 Å². The lowest BCUT2D eigenvalue weighted by Crippen LogP contribution is -2.16. The molecule has 0 saturated heterocycles. The molecule has 0 amide bonds. The van der Waals surface area contributed by atoms with Gasteiger partial charge in [0.25, 0.3) is 0 Å². The van der Waals surface area contributed by atoms with Crippen LogP contribution in [0.4, 0.5) is 0 Å². The number of nitrogens with zero attached hydrogens (tertiary/aromatic N) is 1. The number of thiazole rings is 1. The molecule has 90 valence electrons. The number of hydrogen-bond donors (Lipinski definition) is 1. The van der Waals surface area contributed by atoms with Crippen LogP contribution in [0.2, 0.25) is 5.02 Å². The fraction of sp³-hybridized carbons (Fsp3) is 0.308. The predicted molar refractivity (Wildman–Crippen MR) is 73.7 cm³/mol. The number of aromatic nitrogens is 1. The monoisotopic (exact) mass is 266 g/mol. The molecule has 0 aliphatic heterocycles. The summed E-state index contributed by atoms with van der Waals surface area (Å²) in [4.78, 5) is 4.43. The molecule has 1 aromatic heterocycles. The highest BCUT2D eigenvalue weighted by molar-refractivity contribution is 7.09. The maximum atomic E-state index is 6.07. The van der Waals surface area contributed by atoms with Crippen molar-refractivity contribution in [1.29, 1.82) is 0 Å². The average Bonchev–Trinajstić information content (AvgIpc) is 2.73. The zero-order valence-electron chi connectivity index (χ0n) is 9.74. The van der Waals surface area contributed by atoms with Gasteiger partial charge in [-0.15, -0.1) is 11.3 Å². The van der Waals surface area contributed by atoms with E-state index in [1.165, 1.54) is 5.01 Å². The summed E-state index contributed by atoms with van der Waals surface area (Å²) in [6.07, 6.45) is 0.975. The molecule has 0 unspecified atom stereocenters. The lowest BCUT2D eigenvalue weighted by atomic mass is 10.2. The number of rotatable bonds is 5. The first kappa shape index (κ1) is 12.6. The summed E-state index contributed by atoms with van der Waals surface area (Å²) >= 11 is 7.79.